The molecule has 3 rings (SSSR count). The van der Waals surface area contributed by atoms with E-state index in [1.165, 1.54) is 12.1 Å². The Morgan fingerprint density at radius 1 is 1.34 bits per heavy atom. The summed E-state index contributed by atoms with van der Waals surface area (Å²) >= 11 is 0. The standard InChI is InChI=1S/C20H24F3N3O3/c1-3-19(27)26-8-10-29-18(13-26)17-12-15(25(2)24-17)7-9-28-16-6-4-5-14(11-16)20(21,22)23/h4-6,11-12,18H,3,7-10,13H2,1-2H3/t18-/m0/s1. The van der Waals surface area contributed by atoms with Crippen LogP contribution in [0.5, 0.6) is 5.75 Å². The molecule has 1 atom stereocenters. The lowest BCUT2D eigenvalue weighted by Gasteiger charge is -2.32. The summed E-state index contributed by atoms with van der Waals surface area (Å²) in [6.45, 7) is 3.54. The molecule has 1 aliphatic heterocycles. The molecule has 2 heterocycles. The molecule has 9 heteroatoms. The number of morpholine rings is 1. The van der Waals surface area contributed by atoms with Crippen LogP contribution in [0.1, 0.15) is 36.4 Å². The summed E-state index contributed by atoms with van der Waals surface area (Å²) in [5.41, 5.74) is 0.864. The van der Waals surface area contributed by atoms with Crippen LogP contribution in [0, 0.1) is 0 Å². The fourth-order valence-electron chi connectivity index (χ4n) is 3.24. The molecule has 2 aromatic rings. The van der Waals surface area contributed by atoms with Crippen molar-refractivity contribution < 1.29 is 27.4 Å². The van der Waals surface area contributed by atoms with Crippen LogP contribution in [0.4, 0.5) is 13.2 Å². The van der Waals surface area contributed by atoms with Gasteiger partial charge in [0.1, 0.15) is 11.9 Å². The van der Waals surface area contributed by atoms with E-state index in [1.54, 1.807) is 16.6 Å². The molecule has 0 radical (unpaired) electrons. The zero-order valence-electron chi connectivity index (χ0n) is 16.4. The van der Waals surface area contributed by atoms with Crippen molar-refractivity contribution in [3.63, 3.8) is 0 Å². The zero-order chi connectivity index (χ0) is 21.0. The maximum atomic E-state index is 12.8. The number of benzene rings is 1. The van der Waals surface area contributed by atoms with Crippen molar-refractivity contribution in [2.45, 2.75) is 32.0 Å². The van der Waals surface area contributed by atoms with Crippen molar-refractivity contribution in [3.8, 4) is 5.75 Å². The van der Waals surface area contributed by atoms with Crippen LogP contribution in [-0.4, -0.2) is 46.9 Å². The quantitative estimate of drug-likeness (QED) is 0.732. The predicted octanol–water partition coefficient (Wildman–Crippen LogP) is 3.37. The number of ether oxygens (including phenoxy) is 2. The fraction of sp³-hybridized carbons (Fsp3) is 0.500. The minimum Gasteiger partial charge on any atom is -0.493 e. The number of aromatic nitrogens is 2. The second-order valence-electron chi connectivity index (χ2n) is 6.86. The maximum Gasteiger partial charge on any atom is 0.416 e. The maximum absolute atomic E-state index is 12.8. The molecule has 158 valence electrons. The molecular weight excluding hydrogens is 387 g/mol. The highest BCUT2D eigenvalue weighted by Crippen LogP contribution is 2.31. The van der Waals surface area contributed by atoms with Gasteiger partial charge in [0.05, 0.1) is 31.0 Å². The number of rotatable bonds is 6. The second-order valence-corrected chi connectivity index (χ2v) is 6.86. The topological polar surface area (TPSA) is 56.6 Å². The Hall–Kier alpha value is -2.55. The van der Waals surface area contributed by atoms with Crippen molar-refractivity contribution in [2.24, 2.45) is 7.05 Å². The van der Waals surface area contributed by atoms with Gasteiger partial charge >= 0.3 is 6.18 Å². The Bertz CT molecular complexity index is 851. The minimum atomic E-state index is -4.40. The minimum absolute atomic E-state index is 0.0870. The number of halogens is 3. The number of amides is 1. The van der Waals surface area contributed by atoms with Crippen molar-refractivity contribution in [1.82, 2.24) is 14.7 Å². The van der Waals surface area contributed by atoms with Crippen LogP contribution < -0.4 is 4.74 Å². The smallest absolute Gasteiger partial charge is 0.416 e. The van der Waals surface area contributed by atoms with Crippen molar-refractivity contribution >= 4 is 5.91 Å². The number of aryl methyl sites for hydroxylation is 1. The van der Waals surface area contributed by atoms with Gasteiger partial charge in [-0.3, -0.25) is 9.48 Å². The van der Waals surface area contributed by atoms with Gasteiger partial charge in [-0.1, -0.05) is 13.0 Å². The average molecular weight is 411 g/mol. The van der Waals surface area contributed by atoms with Crippen LogP contribution in [0.25, 0.3) is 0 Å². The van der Waals surface area contributed by atoms with E-state index in [1.807, 2.05) is 13.0 Å². The monoisotopic (exact) mass is 411 g/mol. The zero-order valence-corrected chi connectivity index (χ0v) is 16.4. The lowest BCUT2D eigenvalue weighted by atomic mass is 10.1. The highest BCUT2D eigenvalue weighted by molar-refractivity contribution is 5.75. The molecule has 1 fully saturated rings. The molecule has 1 aromatic carbocycles. The summed E-state index contributed by atoms with van der Waals surface area (Å²) < 4.78 is 51.3. The van der Waals surface area contributed by atoms with Gasteiger partial charge in [0.15, 0.2) is 0 Å². The summed E-state index contributed by atoms with van der Waals surface area (Å²) in [7, 11) is 1.79. The Balaban J connectivity index is 1.59. The first-order valence-electron chi connectivity index (χ1n) is 9.50. The van der Waals surface area contributed by atoms with Crippen molar-refractivity contribution in [2.75, 3.05) is 26.3 Å². The summed E-state index contributed by atoms with van der Waals surface area (Å²) in [5, 5.41) is 4.48. The number of hydrogen-bond donors (Lipinski definition) is 0. The third kappa shape index (κ3) is 5.29. The highest BCUT2D eigenvalue weighted by atomic mass is 19.4. The largest absolute Gasteiger partial charge is 0.493 e. The number of carbonyl (C=O) groups is 1. The van der Waals surface area contributed by atoms with E-state index < -0.39 is 11.7 Å². The van der Waals surface area contributed by atoms with E-state index in [2.05, 4.69) is 5.10 Å². The Morgan fingerprint density at radius 3 is 2.86 bits per heavy atom. The van der Waals surface area contributed by atoms with Crippen LogP contribution in [-0.2, 0) is 29.2 Å². The molecule has 0 saturated carbocycles. The van der Waals surface area contributed by atoms with Crippen LogP contribution in [0.3, 0.4) is 0 Å². The van der Waals surface area contributed by atoms with Gasteiger partial charge in [-0.05, 0) is 24.3 Å². The van der Waals surface area contributed by atoms with Gasteiger partial charge in [-0.15, -0.1) is 0 Å². The van der Waals surface area contributed by atoms with E-state index in [9.17, 15) is 18.0 Å². The van der Waals surface area contributed by atoms with E-state index >= 15 is 0 Å². The first kappa shape index (κ1) is 21.2. The molecule has 29 heavy (non-hydrogen) atoms. The first-order valence-corrected chi connectivity index (χ1v) is 9.50. The predicted molar refractivity (Wildman–Crippen MR) is 99.4 cm³/mol. The second kappa shape index (κ2) is 8.86. The molecule has 1 saturated heterocycles. The van der Waals surface area contributed by atoms with E-state index in [-0.39, 0.29) is 24.4 Å². The Morgan fingerprint density at radius 2 is 2.14 bits per heavy atom. The Labute approximate surface area is 167 Å². The molecule has 0 N–H and O–H groups in total. The molecule has 6 nitrogen and oxygen atoms in total. The first-order chi connectivity index (χ1) is 13.8. The molecule has 0 spiro atoms. The van der Waals surface area contributed by atoms with Gasteiger partial charge in [-0.25, -0.2) is 0 Å². The van der Waals surface area contributed by atoms with Crippen molar-refractivity contribution in [3.05, 3.63) is 47.3 Å². The van der Waals surface area contributed by atoms with Gasteiger partial charge in [0.2, 0.25) is 5.91 Å². The Kier molecular flexibility index (Phi) is 6.46. The number of carbonyl (C=O) groups excluding carboxylic acids is 1. The summed E-state index contributed by atoms with van der Waals surface area (Å²) in [6.07, 6.45) is -3.76. The molecule has 1 aromatic heterocycles. The molecule has 0 bridgehead atoms. The third-order valence-corrected chi connectivity index (χ3v) is 4.84. The fourth-order valence-corrected chi connectivity index (χ4v) is 3.24. The number of hydrogen-bond acceptors (Lipinski definition) is 4. The van der Waals surface area contributed by atoms with Gasteiger partial charge < -0.3 is 14.4 Å². The normalized spacial score (nSPS) is 17.4. The summed E-state index contributed by atoms with van der Waals surface area (Å²) in [5.74, 6) is 0.260. The molecule has 1 aliphatic rings. The number of alkyl halides is 3. The molecular formula is C20H24F3N3O3. The van der Waals surface area contributed by atoms with Gasteiger partial charge in [-0.2, -0.15) is 18.3 Å². The average Bonchev–Trinajstić information content (AvgIpc) is 3.08. The van der Waals surface area contributed by atoms with E-state index in [0.717, 1.165) is 23.5 Å². The highest BCUT2D eigenvalue weighted by Gasteiger charge is 2.30. The van der Waals surface area contributed by atoms with Gasteiger partial charge in [0, 0.05) is 32.1 Å². The molecule has 0 aliphatic carbocycles. The number of nitrogens with zero attached hydrogens (tertiary/aromatic N) is 3. The third-order valence-electron chi connectivity index (χ3n) is 4.84. The van der Waals surface area contributed by atoms with Crippen LogP contribution in [0.15, 0.2) is 30.3 Å². The van der Waals surface area contributed by atoms with Gasteiger partial charge in [0.25, 0.3) is 0 Å². The molecule has 1 amide bonds. The molecule has 0 unspecified atom stereocenters. The lowest BCUT2D eigenvalue weighted by molar-refractivity contribution is -0.139. The van der Waals surface area contributed by atoms with Crippen LogP contribution >= 0.6 is 0 Å². The van der Waals surface area contributed by atoms with Crippen LogP contribution in [0.2, 0.25) is 0 Å². The summed E-state index contributed by atoms with van der Waals surface area (Å²) in [4.78, 5) is 13.7. The lowest BCUT2D eigenvalue weighted by Crippen LogP contribution is -2.42. The van der Waals surface area contributed by atoms with Crippen molar-refractivity contribution in [1.29, 1.82) is 0 Å². The summed E-state index contributed by atoms with van der Waals surface area (Å²) in [6, 6.07) is 6.71. The van der Waals surface area contributed by atoms with E-state index in [4.69, 9.17) is 9.47 Å². The van der Waals surface area contributed by atoms with E-state index in [0.29, 0.717) is 32.5 Å². The SMILES string of the molecule is CCC(=O)N1CCO[C@H](c2cc(CCOc3cccc(C(F)(F)F)c3)n(C)n2)C1.